The number of unbranched alkanes of at least 4 members (excludes halogenated alkanes) is 1. The molecule has 5 rings (SSSR count). The number of rotatable bonds is 9. The number of aromatic nitrogens is 2. The Morgan fingerprint density at radius 2 is 1.55 bits per heavy atom. The number of nitrogens with zero attached hydrogens (tertiary/aromatic N) is 2. The quantitative estimate of drug-likeness (QED) is 0.235. The van der Waals surface area contributed by atoms with Crippen molar-refractivity contribution in [1.29, 1.82) is 0 Å². The summed E-state index contributed by atoms with van der Waals surface area (Å²) < 4.78 is 14.4. The Balaban J connectivity index is 1.25. The van der Waals surface area contributed by atoms with Crippen LogP contribution in [0.2, 0.25) is 0 Å². The lowest BCUT2D eigenvalue weighted by molar-refractivity contribution is 0.285. The molecule has 0 N–H and O–H groups in total. The van der Waals surface area contributed by atoms with Gasteiger partial charge < -0.3 is 14.0 Å². The van der Waals surface area contributed by atoms with Crippen LogP contribution in [0.3, 0.4) is 0 Å². The maximum Gasteiger partial charge on any atom is 0.147 e. The van der Waals surface area contributed by atoms with Crippen LogP contribution in [0, 0.1) is 6.92 Å². The third kappa shape index (κ3) is 4.85. The fourth-order valence-corrected chi connectivity index (χ4v) is 4.16. The second-order valence-electron chi connectivity index (χ2n) is 8.29. The molecule has 4 nitrogen and oxygen atoms in total. The summed E-state index contributed by atoms with van der Waals surface area (Å²) in [7, 11) is 0. The first-order valence-electron chi connectivity index (χ1n) is 11.5. The van der Waals surface area contributed by atoms with Crippen LogP contribution < -0.4 is 9.47 Å². The van der Waals surface area contributed by atoms with Crippen LogP contribution in [0.15, 0.2) is 91.0 Å². The molecule has 0 fully saturated rings. The van der Waals surface area contributed by atoms with Crippen LogP contribution in [-0.2, 0) is 13.2 Å². The second kappa shape index (κ2) is 9.78. The van der Waals surface area contributed by atoms with Crippen molar-refractivity contribution < 1.29 is 9.47 Å². The number of ether oxygens (including phenoxy) is 2. The molecular weight excluding hydrogens is 408 g/mol. The van der Waals surface area contributed by atoms with E-state index in [1.54, 1.807) is 0 Å². The van der Waals surface area contributed by atoms with Gasteiger partial charge in [-0.25, -0.2) is 4.98 Å². The second-order valence-corrected chi connectivity index (χ2v) is 8.29. The highest BCUT2D eigenvalue weighted by Gasteiger charge is 2.11. The Labute approximate surface area is 194 Å². The molecule has 0 atom stereocenters. The van der Waals surface area contributed by atoms with E-state index >= 15 is 0 Å². The molecule has 4 aromatic carbocycles. The first-order chi connectivity index (χ1) is 16.3. The van der Waals surface area contributed by atoms with E-state index in [0.29, 0.717) is 13.2 Å². The van der Waals surface area contributed by atoms with E-state index in [1.165, 1.54) is 16.3 Å². The molecule has 1 aromatic heterocycles. The summed E-state index contributed by atoms with van der Waals surface area (Å²) in [6.45, 7) is 4.11. The summed E-state index contributed by atoms with van der Waals surface area (Å²) in [5.41, 5.74) is 3.33. The van der Waals surface area contributed by atoms with Gasteiger partial charge in [0.1, 0.15) is 23.9 Å². The minimum absolute atomic E-state index is 0.437. The summed E-state index contributed by atoms with van der Waals surface area (Å²) >= 11 is 0. The minimum Gasteiger partial charge on any atom is -0.493 e. The van der Waals surface area contributed by atoms with Gasteiger partial charge in [-0.2, -0.15) is 0 Å². The average Bonchev–Trinajstić information content (AvgIpc) is 3.21. The van der Waals surface area contributed by atoms with E-state index in [2.05, 4.69) is 66.1 Å². The Morgan fingerprint density at radius 1 is 0.758 bits per heavy atom. The highest BCUT2D eigenvalue weighted by Crippen LogP contribution is 2.23. The SMILES string of the molecule is Cc1ccccc1OCCCCn1c(COc2ccc3ccccc3c2)nc2ccccc21. The lowest BCUT2D eigenvalue weighted by atomic mass is 10.1. The Bertz CT molecular complexity index is 1370. The Morgan fingerprint density at radius 3 is 2.45 bits per heavy atom. The molecule has 0 aliphatic heterocycles. The van der Waals surface area contributed by atoms with Gasteiger partial charge in [0.25, 0.3) is 0 Å². The van der Waals surface area contributed by atoms with Gasteiger partial charge in [0.15, 0.2) is 0 Å². The molecule has 0 aliphatic carbocycles. The third-order valence-corrected chi connectivity index (χ3v) is 5.95. The number of hydrogen-bond acceptors (Lipinski definition) is 3. The van der Waals surface area contributed by atoms with E-state index in [9.17, 15) is 0 Å². The maximum absolute atomic E-state index is 6.16. The van der Waals surface area contributed by atoms with Crippen molar-refractivity contribution in [3.05, 3.63) is 102 Å². The first kappa shape index (κ1) is 21.1. The fraction of sp³-hybridized carbons (Fsp3) is 0.207. The van der Waals surface area contributed by atoms with Gasteiger partial charge in [0.05, 0.1) is 17.6 Å². The average molecular weight is 437 g/mol. The van der Waals surface area contributed by atoms with Gasteiger partial charge in [-0.3, -0.25) is 0 Å². The van der Waals surface area contributed by atoms with Crippen molar-refractivity contribution >= 4 is 21.8 Å². The molecule has 4 heteroatoms. The van der Waals surface area contributed by atoms with Crippen LogP contribution in [-0.4, -0.2) is 16.2 Å². The summed E-state index contributed by atoms with van der Waals surface area (Å²) in [5.74, 6) is 2.78. The molecule has 0 aliphatic rings. The molecule has 5 aromatic rings. The summed E-state index contributed by atoms with van der Waals surface area (Å²) in [6.07, 6.45) is 1.99. The highest BCUT2D eigenvalue weighted by atomic mass is 16.5. The van der Waals surface area contributed by atoms with Crippen molar-refractivity contribution in [2.24, 2.45) is 0 Å². The van der Waals surface area contributed by atoms with E-state index in [1.807, 2.05) is 36.4 Å². The number of para-hydroxylation sites is 3. The smallest absolute Gasteiger partial charge is 0.147 e. The predicted molar refractivity (Wildman–Crippen MR) is 134 cm³/mol. The normalized spacial score (nSPS) is 11.2. The number of imidazole rings is 1. The number of fused-ring (bicyclic) bond motifs is 2. The Hall–Kier alpha value is -3.79. The predicted octanol–water partition coefficient (Wildman–Crippen LogP) is 6.94. The molecule has 1 heterocycles. The monoisotopic (exact) mass is 436 g/mol. The lowest BCUT2D eigenvalue weighted by Crippen LogP contribution is -2.09. The first-order valence-corrected chi connectivity index (χ1v) is 11.5. The molecule has 0 bridgehead atoms. The van der Waals surface area contributed by atoms with Gasteiger partial charge in [0, 0.05) is 6.54 Å². The molecule has 166 valence electrons. The van der Waals surface area contributed by atoms with Crippen LogP contribution in [0.5, 0.6) is 11.5 Å². The van der Waals surface area contributed by atoms with Gasteiger partial charge in [-0.05, 0) is 66.4 Å². The zero-order valence-electron chi connectivity index (χ0n) is 18.9. The molecule has 0 unspecified atom stereocenters. The number of aryl methyl sites for hydroxylation is 2. The van der Waals surface area contributed by atoms with Crippen molar-refractivity contribution in [3.8, 4) is 11.5 Å². The summed E-state index contributed by atoms with van der Waals surface area (Å²) in [6, 6.07) is 31.0. The lowest BCUT2D eigenvalue weighted by Gasteiger charge is -2.12. The summed E-state index contributed by atoms with van der Waals surface area (Å²) in [4.78, 5) is 4.85. The number of benzene rings is 4. The van der Waals surface area contributed by atoms with Crippen LogP contribution >= 0.6 is 0 Å². The molecule has 0 amide bonds. The standard InChI is InChI=1S/C29H28N2O2/c1-22-10-2-7-15-28(22)32-19-9-8-18-31-27-14-6-5-13-26(27)30-29(31)21-33-25-17-16-23-11-3-4-12-24(23)20-25/h2-7,10-17,20H,8-9,18-19,21H2,1H3. The number of hydrogen-bond donors (Lipinski definition) is 0. The molecule has 0 radical (unpaired) electrons. The van der Waals surface area contributed by atoms with Crippen LogP contribution in [0.25, 0.3) is 21.8 Å². The van der Waals surface area contributed by atoms with E-state index < -0.39 is 0 Å². The fourth-order valence-electron chi connectivity index (χ4n) is 4.16. The van der Waals surface area contributed by atoms with Crippen LogP contribution in [0.1, 0.15) is 24.2 Å². The van der Waals surface area contributed by atoms with E-state index in [-0.39, 0.29) is 0 Å². The van der Waals surface area contributed by atoms with Crippen molar-refractivity contribution in [2.75, 3.05) is 6.61 Å². The van der Waals surface area contributed by atoms with Gasteiger partial charge in [-0.1, -0.05) is 60.7 Å². The molecule has 0 saturated carbocycles. The zero-order chi connectivity index (χ0) is 22.5. The summed E-state index contributed by atoms with van der Waals surface area (Å²) in [5, 5.41) is 2.39. The van der Waals surface area contributed by atoms with Crippen LogP contribution in [0.4, 0.5) is 0 Å². The minimum atomic E-state index is 0.437. The van der Waals surface area contributed by atoms with Gasteiger partial charge in [0.2, 0.25) is 0 Å². The third-order valence-electron chi connectivity index (χ3n) is 5.95. The molecule has 0 spiro atoms. The van der Waals surface area contributed by atoms with E-state index in [0.717, 1.165) is 47.7 Å². The molecule has 0 saturated heterocycles. The van der Waals surface area contributed by atoms with E-state index in [4.69, 9.17) is 14.5 Å². The van der Waals surface area contributed by atoms with Gasteiger partial charge in [-0.15, -0.1) is 0 Å². The highest BCUT2D eigenvalue weighted by molar-refractivity contribution is 5.83. The molecule has 33 heavy (non-hydrogen) atoms. The topological polar surface area (TPSA) is 36.3 Å². The van der Waals surface area contributed by atoms with Crippen molar-refractivity contribution in [2.45, 2.75) is 32.9 Å². The molecular formula is C29H28N2O2. The maximum atomic E-state index is 6.16. The Kier molecular flexibility index (Phi) is 6.25. The van der Waals surface area contributed by atoms with Crippen molar-refractivity contribution in [3.63, 3.8) is 0 Å². The van der Waals surface area contributed by atoms with Crippen molar-refractivity contribution in [1.82, 2.24) is 9.55 Å². The zero-order valence-corrected chi connectivity index (χ0v) is 18.9. The largest absolute Gasteiger partial charge is 0.493 e. The van der Waals surface area contributed by atoms with Gasteiger partial charge >= 0.3 is 0 Å².